The highest BCUT2D eigenvalue weighted by atomic mass is 32.2. The Hall–Kier alpha value is -3.42. The molecule has 0 aromatic heterocycles. The molecular weight excluding hydrogens is 485 g/mol. The van der Waals surface area contributed by atoms with Crippen molar-refractivity contribution in [2.75, 3.05) is 6.54 Å². The molecule has 0 aliphatic heterocycles. The second kappa shape index (κ2) is 12.0. The maximum atomic E-state index is 13.1. The molecular formula is C23H30BN5O6S. The maximum absolute atomic E-state index is 13.1. The van der Waals surface area contributed by atoms with Gasteiger partial charge in [-0.05, 0) is 43.4 Å². The molecule has 1 fully saturated rings. The number of carbonyl (C=O) groups is 2. The second-order valence-electron chi connectivity index (χ2n) is 8.57. The molecule has 2 aromatic rings. The van der Waals surface area contributed by atoms with Crippen LogP contribution in [0.15, 0.2) is 65.6 Å². The molecule has 0 saturated heterocycles. The Kier molecular flexibility index (Phi) is 9.07. The predicted molar refractivity (Wildman–Crippen MR) is 134 cm³/mol. The molecule has 2 amide bonds. The summed E-state index contributed by atoms with van der Waals surface area (Å²) in [6.45, 7) is 0.512. The molecule has 1 aliphatic rings. The molecule has 0 radical (unpaired) electrons. The van der Waals surface area contributed by atoms with E-state index in [9.17, 15) is 23.0 Å². The van der Waals surface area contributed by atoms with Gasteiger partial charge in [0, 0.05) is 13.1 Å². The summed E-state index contributed by atoms with van der Waals surface area (Å²) >= 11 is 0. The van der Waals surface area contributed by atoms with Gasteiger partial charge in [0.25, 0.3) is 10.1 Å². The van der Waals surface area contributed by atoms with Crippen molar-refractivity contribution >= 4 is 35.0 Å². The van der Waals surface area contributed by atoms with Gasteiger partial charge in [0.15, 0.2) is 5.96 Å². The lowest BCUT2D eigenvalue weighted by Crippen LogP contribution is -2.53. The fraction of sp³-hybridized carbons (Fsp3) is 0.348. The summed E-state index contributed by atoms with van der Waals surface area (Å²) in [6.07, 6.45) is 1.08. The molecule has 2 aromatic carbocycles. The van der Waals surface area contributed by atoms with E-state index >= 15 is 0 Å². The average Bonchev–Trinajstić information content (AvgIpc) is 3.67. The van der Waals surface area contributed by atoms with Crippen LogP contribution in [0.1, 0.15) is 31.2 Å². The molecule has 7 N–H and O–H groups in total. The molecule has 11 nitrogen and oxygen atoms in total. The summed E-state index contributed by atoms with van der Waals surface area (Å²) in [5.74, 6) is -2.43. The third-order valence-corrected chi connectivity index (χ3v) is 7.14. The van der Waals surface area contributed by atoms with Gasteiger partial charge >= 0.3 is 7.12 Å². The molecule has 1 atom stereocenters. The minimum absolute atomic E-state index is 0.0964. The van der Waals surface area contributed by atoms with Gasteiger partial charge in [0.05, 0.1) is 10.8 Å². The number of nitrogens with two attached hydrogens (primary N) is 1. The molecule has 13 heteroatoms. The van der Waals surface area contributed by atoms with Gasteiger partial charge < -0.3 is 26.7 Å². The van der Waals surface area contributed by atoms with Crippen LogP contribution in [0.2, 0.25) is 0 Å². The predicted octanol–water partition coefficient (Wildman–Crippen LogP) is 0.256. The fourth-order valence-electron chi connectivity index (χ4n) is 3.61. The Morgan fingerprint density at radius 3 is 2.25 bits per heavy atom. The van der Waals surface area contributed by atoms with E-state index in [4.69, 9.17) is 15.2 Å². The van der Waals surface area contributed by atoms with E-state index < -0.39 is 40.4 Å². The van der Waals surface area contributed by atoms with Crippen LogP contribution in [0.3, 0.4) is 0 Å². The molecule has 0 heterocycles. The maximum Gasteiger partial charge on any atom is 0.494 e. The molecule has 3 rings (SSSR count). The Labute approximate surface area is 210 Å². The van der Waals surface area contributed by atoms with Gasteiger partial charge in [0.1, 0.15) is 5.41 Å². The lowest BCUT2D eigenvalue weighted by Gasteiger charge is -2.24. The van der Waals surface area contributed by atoms with Crippen molar-refractivity contribution in [3.8, 4) is 0 Å². The lowest BCUT2D eigenvalue weighted by molar-refractivity contribution is -0.137. The van der Waals surface area contributed by atoms with Crippen molar-refractivity contribution in [1.29, 1.82) is 5.41 Å². The number of nitrogens with one attached hydrogen (secondary N) is 4. The molecule has 36 heavy (non-hydrogen) atoms. The van der Waals surface area contributed by atoms with Crippen LogP contribution in [0.5, 0.6) is 0 Å². The zero-order valence-corrected chi connectivity index (χ0v) is 20.5. The number of carbonyl (C=O) groups excluding carboxylic acids is 2. The minimum Gasteiger partial charge on any atom is -0.425 e. The van der Waals surface area contributed by atoms with Gasteiger partial charge in [-0.2, -0.15) is 8.42 Å². The first-order valence-electron chi connectivity index (χ1n) is 11.5. The van der Waals surface area contributed by atoms with Crippen LogP contribution in [-0.2, 0) is 30.4 Å². The van der Waals surface area contributed by atoms with Crippen molar-refractivity contribution in [3.63, 3.8) is 0 Å². The number of guanidine groups is 1. The number of amides is 2. The zero-order chi connectivity index (χ0) is 26.2. The first-order valence-corrected chi connectivity index (χ1v) is 12.9. The SMILES string of the molecule is N=C(N)NCCC[C@H](NC(=O)C1(C(=O)NCc2ccccc2)CC1)B(O)OS(=O)(=O)c1ccccc1. The van der Waals surface area contributed by atoms with E-state index in [-0.39, 0.29) is 30.4 Å². The molecule has 0 bridgehead atoms. The highest BCUT2D eigenvalue weighted by Crippen LogP contribution is 2.46. The van der Waals surface area contributed by atoms with Crippen LogP contribution in [-0.4, -0.2) is 50.8 Å². The van der Waals surface area contributed by atoms with Gasteiger partial charge in [-0.1, -0.05) is 48.5 Å². The molecule has 1 aliphatic carbocycles. The smallest absolute Gasteiger partial charge is 0.425 e. The monoisotopic (exact) mass is 515 g/mol. The van der Waals surface area contributed by atoms with Crippen LogP contribution in [0, 0.1) is 10.8 Å². The van der Waals surface area contributed by atoms with Crippen LogP contribution in [0.25, 0.3) is 0 Å². The topological polar surface area (TPSA) is 184 Å². The number of hydrogen-bond donors (Lipinski definition) is 6. The van der Waals surface area contributed by atoms with Crippen molar-refractivity contribution in [2.24, 2.45) is 11.1 Å². The van der Waals surface area contributed by atoms with Crippen LogP contribution >= 0.6 is 0 Å². The largest absolute Gasteiger partial charge is 0.494 e. The Morgan fingerprint density at radius 2 is 1.67 bits per heavy atom. The average molecular weight is 515 g/mol. The highest BCUT2D eigenvalue weighted by molar-refractivity contribution is 7.87. The molecule has 0 unspecified atom stereocenters. The summed E-state index contributed by atoms with van der Waals surface area (Å²) in [5, 5.41) is 25.9. The Bertz CT molecular complexity index is 1160. The summed E-state index contributed by atoms with van der Waals surface area (Å²) < 4.78 is 30.1. The molecule has 1 saturated carbocycles. The van der Waals surface area contributed by atoms with E-state index in [1.54, 1.807) is 6.07 Å². The van der Waals surface area contributed by atoms with E-state index in [1.165, 1.54) is 24.3 Å². The summed E-state index contributed by atoms with van der Waals surface area (Å²) in [6, 6.07) is 16.6. The van der Waals surface area contributed by atoms with Crippen molar-refractivity contribution in [3.05, 3.63) is 66.2 Å². The van der Waals surface area contributed by atoms with E-state index in [0.717, 1.165) is 5.56 Å². The van der Waals surface area contributed by atoms with E-state index in [2.05, 4.69) is 16.0 Å². The quantitative estimate of drug-likeness (QED) is 0.0721. The number of hydrogen-bond acceptors (Lipinski definition) is 7. The molecule has 0 spiro atoms. The first kappa shape index (κ1) is 27.2. The van der Waals surface area contributed by atoms with Gasteiger partial charge in [-0.25, -0.2) is 0 Å². The summed E-state index contributed by atoms with van der Waals surface area (Å²) in [4.78, 5) is 25.8. The third-order valence-electron chi connectivity index (χ3n) is 5.84. The summed E-state index contributed by atoms with van der Waals surface area (Å²) in [5.41, 5.74) is 4.86. The van der Waals surface area contributed by atoms with Gasteiger partial charge in [-0.15, -0.1) is 0 Å². The van der Waals surface area contributed by atoms with Crippen molar-refractivity contribution < 1.29 is 27.1 Å². The standard InChI is InChI=1S/C23H30BN5O6S/c25-22(26)27-15-7-12-19(24(32)35-36(33,34)18-10-5-2-6-11-18)29-21(31)23(13-14-23)20(30)28-16-17-8-3-1-4-9-17/h1-6,8-11,19,32H,7,12-16H2,(H,28,30)(H,29,31)(H4,25,26,27)/t19-/m0/s1. The van der Waals surface area contributed by atoms with Crippen molar-refractivity contribution in [2.45, 2.75) is 43.1 Å². The molecule has 192 valence electrons. The first-order chi connectivity index (χ1) is 17.1. The van der Waals surface area contributed by atoms with Gasteiger partial charge in [-0.3, -0.25) is 19.1 Å². The number of benzene rings is 2. The highest BCUT2D eigenvalue weighted by Gasteiger charge is 2.57. The normalized spacial score (nSPS) is 14.8. The van der Waals surface area contributed by atoms with Crippen molar-refractivity contribution in [1.82, 2.24) is 16.0 Å². The van der Waals surface area contributed by atoms with Crippen LogP contribution in [0.4, 0.5) is 0 Å². The zero-order valence-electron chi connectivity index (χ0n) is 19.6. The minimum atomic E-state index is -4.31. The summed E-state index contributed by atoms with van der Waals surface area (Å²) in [7, 11) is -6.21. The number of rotatable bonds is 13. The Morgan fingerprint density at radius 1 is 1.06 bits per heavy atom. The Balaban J connectivity index is 1.66. The second-order valence-corrected chi connectivity index (χ2v) is 10.1. The van der Waals surface area contributed by atoms with Gasteiger partial charge in [0.2, 0.25) is 11.8 Å². The fourth-order valence-corrected chi connectivity index (χ4v) is 4.60. The van der Waals surface area contributed by atoms with E-state index in [0.29, 0.717) is 19.3 Å². The van der Waals surface area contributed by atoms with Crippen LogP contribution < -0.4 is 21.7 Å². The lowest BCUT2D eigenvalue weighted by atomic mass is 9.76. The third kappa shape index (κ3) is 7.29. The van der Waals surface area contributed by atoms with E-state index in [1.807, 2.05) is 30.3 Å².